The molecule has 12 heteroatoms. The zero-order valence-corrected chi connectivity index (χ0v) is 24.9. The van der Waals surface area contributed by atoms with E-state index in [-0.39, 0.29) is 49.2 Å². The highest BCUT2D eigenvalue weighted by atomic mass is 35.5. The Labute approximate surface area is 231 Å². The lowest BCUT2D eigenvalue weighted by Crippen LogP contribution is -2.47. The number of aryl methyl sites for hydroxylation is 1. The van der Waals surface area contributed by atoms with E-state index in [1.807, 2.05) is 0 Å². The number of rotatable bonds is 7. The molecule has 2 aromatic heterocycles. The lowest BCUT2D eigenvalue weighted by Gasteiger charge is -2.37. The maximum atomic E-state index is 13.9. The van der Waals surface area contributed by atoms with Gasteiger partial charge in [0.25, 0.3) is 5.91 Å². The van der Waals surface area contributed by atoms with E-state index in [4.69, 9.17) is 44.0 Å². The van der Waals surface area contributed by atoms with Gasteiger partial charge in [-0.2, -0.15) is 0 Å². The molecule has 200 valence electrons. The molecule has 0 bridgehead atoms. The highest BCUT2D eigenvalue weighted by molar-refractivity contribution is 6.74. The molecule has 1 aromatic carbocycles. The number of hydrogen-bond acceptors (Lipinski definition) is 5. The molecule has 0 radical (unpaired) electrons. The number of ether oxygens (including phenoxy) is 1. The number of amides is 1. The number of nitrogens with zero attached hydrogens (tertiary/aromatic N) is 2. The largest absolute Gasteiger partial charge is 0.461 e. The zero-order valence-electron chi connectivity index (χ0n) is 21.6. The number of halogens is 4. The predicted molar refractivity (Wildman–Crippen MR) is 149 cm³/mol. The van der Waals surface area contributed by atoms with Gasteiger partial charge in [-0.25, -0.2) is 9.37 Å². The smallest absolute Gasteiger partial charge is 0.263 e. The molecule has 3 rings (SSSR count). The fourth-order valence-electron chi connectivity index (χ4n) is 3.49. The van der Waals surface area contributed by atoms with Crippen LogP contribution >= 0.6 is 34.8 Å². The lowest BCUT2D eigenvalue weighted by atomic mass is 10.2. The lowest BCUT2D eigenvalue weighted by molar-refractivity contribution is -0.129. The van der Waals surface area contributed by atoms with Gasteiger partial charge in [-0.1, -0.05) is 55.6 Å². The van der Waals surface area contributed by atoms with Crippen molar-refractivity contribution in [3.63, 3.8) is 0 Å². The third-order valence-corrected chi connectivity index (χ3v) is 11.9. The predicted octanol–water partition coefficient (Wildman–Crippen LogP) is 6.31. The molecule has 1 N–H and O–H groups in total. The number of fused-ring (bicyclic) bond motifs is 1. The van der Waals surface area contributed by atoms with Crippen LogP contribution in [-0.2, 0) is 9.22 Å². The van der Waals surface area contributed by atoms with Crippen molar-refractivity contribution in [2.75, 3.05) is 13.7 Å². The summed E-state index contributed by atoms with van der Waals surface area (Å²) in [5.74, 6) is -1.17. The van der Waals surface area contributed by atoms with Crippen LogP contribution in [-0.4, -0.2) is 43.5 Å². The Balaban J connectivity index is 2.20. The third-order valence-electron chi connectivity index (χ3n) is 6.53. The summed E-state index contributed by atoms with van der Waals surface area (Å²) in [7, 11) is -0.743. The minimum atomic E-state index is -2.22. The van der Waals surface area contributed by atoms with Crippen LogP contribution in [0.15, 0.2) is 29.2 Å². The number of likely N-dealkylation sites (N-methyl/N-ethyl adjacent to an activating group) is 1. The summed E-state index contributed by atoms with van der Waals surface area (Å²) in [4.78, 5) is 30.2. The molecule has 0 saturated carbocycles. The van der Waals surface area contributed by atoms with Gasteiger partial charge in [-0.05, 0) is 37.2 Å². The number of carbonyl (C=O) groups excluding carboxylic acids is 1. The van der Waals surface area contributed by atoms with Crippen LogP contribution in [0, 0.1) is 12.7 Å². The van der Waals surface area contributed by atoms with Crippen molar-refractivity contribution in [1.82, 2.24) is 14.9 Å². The van der Waals surface area contributed by atoms with Gasteiger partial charge in [0, 0.05) is 18.8 Å². The van der Waals surface area contributed by atoms with Crippen LogP contribution in [0.5, 0.6) is 5.88 Å². The molecule has 0 unspecified atom stereocenters. The molecule has 0 aliphatic carbocycles. The van der Waals surface area contributed by atoms with E-state index >= 15 is 0 Å². The summed E-state index contributed by atoms with van der Waals surface area (Å²) in [6, 6.07) is 3.56. The number of aromatic nitrogens is 2. The van der Waals surface area contributed by atoms with Crippen LogP contribution in [0.3, 0.4) is 0 Å². The minimum absolute atomic E-state index is 0.00999. The number of benzene rings is 1. The Morgan fingerprint density at radius 2 is 1.76 bits per heavy atom. The van der Waals surface area contributed by atoms with Gasteiger partial charge in [0.1, 0.15) is 11.2 Å². The first-order chi connectivity index (χ1) is 17.1. The maximum absolute atomic E-state index is 13.9. The van der Waals surface area contributed by atoms with E-state index in [0.29, 0.717) is 5.69 Å². The molecule has 3 aromatic rings. The highest BCUT2D eigenvalue weighted by Crippen LogP contribution is 2.38. The van der Waals surface area contributed by atoms with E-state index in [1.54, 1.807) is 11.5 Å². The van der Waals surface area contributed by atoms with Crippen LogP contribution in [0.1, 0.15) is 26.5 Å². The van der Waals surface area contributed by atoms with Crippen LogP contribution in [0.2, 0.25) is 33.2 Å². The Kier molecular flexibility index (Phi) is 8.66. The fourth-order valence-corrected chi connectivity index (χ4v) is 5.35. The first-order valence-corrected chi connectivity index (χ1v) is 15.5. The summed E-state index contributed by atoms with van der Waals surface area (Å²) in [6.07, 6.45) is 0.207. The number of pyridine rings is 2. The van der Waals surface area contributed by atoms with Crippen molar-refractivity contribution in [3.8, 4) is 11.6 Å². The molecule has 1 amide bonds. The average molecular weight is 589 g/mol. The standard InChI is InChI=1S/C25H29Cl3FN3O4Si/c1-13-8-18(33)20-22(32(13)21-15(26)9-14(29)10-16(21)27)17(28)11-31-24(20)36-19(23(34)30-5)12-35-37(6,7)25(2,3)4/h8-11,19H,12H2,1-7H3,(H,30,34)/t19-/m0/s1. The molecule has 1 atom stereocenters. The maximum Gasteiger partial charge on any atom is 0.263 e. The molecule has 0 aliphatic rings. The van der Waals surface area contributed by atoms with Gasteiger partial charge in [0.05, 0.1) is 39.1 Å². The second-order valence-corrected chi connectivity index (χ2v) is 16.2. The molecule has 0 aliphatic heterocycles. The van der Waals surface area contributed by atoms with Crippen molar-refractivity contribution in [2.45, 2.75) is 51.9 Å². The van der Waals surface area contributed by atoms with Gasteiger partial charge < -0.3 is 19.0 Å². The van der Waals surface area contributed by atoms with Gasteiger partial charge in [-0.3, -0.25) is 9.59 Å². The second kappa shape index (κ2) is 10.9. The van der Waals surface area contributed by atoms with E-state index in [2.05, 4.69) is 44.2 Å². The molecule has 0 spiro atoms. The van der Waals surface area contributed by atoms with Crippen LogP contribution in [0.4, 0.5) is 4.39 Å². The molecular weight excluding hydrogens is 560 g/mol. The summed E-state index contributed by atoms with van der Waals surface area (Å²) in [5.41, 5.74) is 0.434. The average Bonchev–Trinajstić information content (AvgIpc) is 2.77. The minimum Gasteiger partial charge on any atom is -0.461 e. The van der Waals surface area contributed by atoms with Gasteiger partial charge in [0.15, 0.2) is 13.7 Å². The Morgan fingerprint density at radius 1 is 1.16 bits per heavy atom. The quantitative estimate of drug-likeness (QED) is 0.327. The SMILES string of the molecule is CNC(=O)[C@H](CO[Si](C)(C)C(C)(C)C)Oc1ncc(Cl)c2c1c(=O)cc(C)n2-c1c(Cl)cc(F)cc1Cl. The molecule has 0 saturated heterocycles. The summed E-state index contributed by atoms with van der Waals surface area (Å²) in [5, 5.41) is 2.61. The van der Waals surface area contributed by atoms with Crippen molar-refractivity contribution < 1.29 is 18.3 Å². The molecule has 2 heterocycles. The number of carbonyl (C=O) groups is 1. The normalized spacial score (nSPS) is 13.1. The first kappa shape index (κ1) is 29.4. The van der Waals surface area contributed by atoms with Crippen LogP contribution < -0.4 is 15.5 Å². The number of hydrogen-bond donors (Lipinski definition) is 1. The topological polar surface area (TPSA) is 82.5 Å². The monoisotopic (exact) mass is 587 g/mol. The van der Waals surface area contributed by atoms with E-state index in [1.165, 1.54) is 19.3 Å². The molecule has 37 heavy (non-hydrogen) atoms. The van der Waals surface area contributed by atoms with Gasteiger partial charge in [0.2, 0.25) is 12.0 Å². The molecular formula is C25H29Cl3FN3O4Si. The molecule has 0 fully saturated rings. The van der Waals surface area contributed by atoms with Crippen molar-refractivity contribution in [2.24, 2.45) is 0 Å². The third kappa shape index (κ3) is 5.96. The first-order valence-electron chi connectivity index (χ1n) is 11.5. The number of nitrogens with one attached hydrogen (secondary N) is 1. The Morgan fingerprint density at radius 3 is 2.30 bits per heavy atom. The Hall–Kier alpha value is -2.17. The van der Waals surface area contributed by atoms with Crippen molar-refractivity contribution in [1.29, 1.82) is 0 Å². The summed E-state index contributed by atoms with van der Waals surface area (Å²) in [6.45, 7) is 12.0. The fraction of sp³-hybridized carbons (Fsp3) is 0.400. The Bertz CT molecular complexity index is 1400. The van der Waals surface area contributed by atoms with Gasteiger partial charge in [-0.15, -0.1) is 0 Å². The van der Waals surface area contributed by atoms with Crippen molar-refractivity contribution >= 4 is 59.9 Å². The van der Waals surface area contributed by atoms with Crippen LogP contribution in [0.25, 0.3) is 16.6 Å². The molecule has 7 nitrogen and oxygen atoms in total. The summed E-state index contributed by atoms with van der Waals surface area (Å²) < 4.78 is 27.7. The second-order valence-electron chi connectivity index (χ2n) is 10.1. The van der Waals surface area contributed by atoms with Crippen molar-refractivity contribution in [3.05, 3.63) is 61.2 Å². The van der Waals surface area contributed by atoms with E-state index < -0.39 is 31.6 Å². The van der Waals surface area contributed by atoms with E-state index in [9.17, 15) is 14.0 Å². The zero-order chi connectivity index (χ0) is 27.9. The van der Waals surface area contributed by atoms with Gasteiger partial charge >= 0.3 is 0 Å². The van der Waals surface area contributed by atoms with E-state index in [0.717, 1.165) is 12.1 Å². The summed E-state index contributed by atoms with van der Waals surface area (Å²) >= 11 is 19.2. The highest BCUT2D eigenvalue weighted by Gasteiger charge is 2.38.